The van der Waals surface area contributed by atoms with Gasteiger partial charge in [-0.15, -0.1) is 0 Å². The molecule has 1 aromatic carbocycles. The summed E-state index contributed by atoms with van der Waals surface area (Å²) < 4.78 is 13.1. The summed E-state index contributed by atoms with van der Waals surface area (Å²) >= 11 is 5.72. The van der Waals surface area contributed by atoms with E-state index < -0.39 is 5.82 Å². The summed E-state index contributed by atoms with van der Waals surface area (Å²) in [6.45, 7) is 2.18. The fourth-order valence-electron chi connectivity index (χ4n) is 2.00. The molecule has 2 atom stereocenters. The van der Waals surface area contributed by atoms with E-state index in [0.717, 1.165) is 11.6 Å². The molecule has 0 saturated heterocycles. The van der Waals surface area contributed by atoms with Gasteiger partial charge in [0.15, 0.2) is 0 Å². The van der Waals surface area contributed by atoms with Crippen LogP contribution in [-0.4, -0.2) is 6.04 Å². The zero-order valence-electron chi connectivity index (χ0n) is 9.26. The van der Waals surface area contributed by atoms with E-state index >= 15 is 0 Å². The second-order valence-electron chi connectivity index (χ2n) is 4.39. The molecule has 2 nitrogen and oxygen atoms in total. The summed E-state index contributed by atoms with van der Waals surface area (Å²) in [5.74, 6) is 0.263. The molecule has 16 heavy (non-hydrogen) atoms. The lowest BCUT2D eigenvalue weighted by molar-refractivity contribution is 0.629. The standard InChI is InChI=1S/C12H16ClFN2/c1-2-3-7-4-11(7)16-12-5-8(13)9(14)6-10(12)15/h5-7,11,16H,2-4,15H2,1H3. The van der Waals surface area contributed by atoms with Gasteiger partial charge in [0.1, 0.15) is 5.82 Å². The predicted molar refractivity (Wildman–Crippen MR) is 66.2 cm³/mol. The van der Waals surface area contributed by atoms with E-state index in [-0.39, 0.29) is 5.02 Å². The van der Waals surface area contributed by atoms with Gasteiger partial charge in [0.2, 0.25) is 0 Å². The van der Waals surface area contributed by atoms with E-state index in [9.17, 15) is 4.39 Å². The van der Waals surface area contributed by atoms with E-state index in [0.29, 0.717) is 11.7 Å². The van der Waals surface area contributed by atoms with Crippen LogP contribution in [-0.2, 0) is 0 Å². The highest BCUT2D eigenvalue weighted by Gasteiger charge is 2.36. The first-order chi connectivity index (χ1) is 7.61. The van der Waals surface area contributed by atoms with Gasteiger partial charge in [0.05, 0.1) is 16.4 Å². The van der Waals surface area contributed by atoms with Crippen molar-refractivity contribution >= 4 is 23.0 Å². The molecule has 2 unspecified atom stereocenters. The van der Waals surface area contributed by atoms with Crippen LogP contribution < -0.4 is 11.1 Å². The fourth-order valence-corrected chi connectivity index (χ4v) is 2.16. The van der Waals surface area contributed by atoms with Crippen molar-refractivity contribution < 1.29 is 4.39 Å². The molecule has 1 aliphatic rings. The molecule has 1 saturated carbocycles. The molecular formula is C12H16ClFN2. The van der Waals surface area contributed by atoms with Gasteiger partial charge in [-0.3, -0.25) is 0 Å². The molecule has 1 aromatic rings. The van der Waals surface area contributed by atoms with Crippen LogP contribution in [0.4, 0.5) is 15.8 Å². The summed E-state index contributed by atoms with van der Waals surface area (Å²) in [4.78, 5) is 0. The van der Waals surface area contributed by atoms with Gasteiger partial charge >= 0.3 is 0 Å². The topological polar surface area (TPSA) is 38.0 Å². The maximum absolute atomic E-state index is 13.1. The van der Waals surface area contributed by atoms with Gasteiger partial charge in [0, 0.05) is 12.1 Å². The Morgan fingerprint density at radius 3 is 3.00 bits per heavy atom. The Bertz CT molecular complexity index is 395. The average molecular weight is 243 g/mol. The number of nitrogens with one attached hydrogen (secondary N) is 1. The minimum absolute atomic E-state index is 0.115. The molecule has 0 aromatic heterocycles. The highest BCUT2D eigenvalue weighted by molar-refractivity contribution is 6.31. The van der Waals surface area contributed by atoms with Crippen LogP contribution in [0.15, 0.2) is 12.1 Å². The second-order valence-corrected chi connectivity index (χ2v) is 4.80. The molecule has 1 fully saturated rings. The first kappa shape index (κ1) is 11.5. The summed E-state index contributed by atoms with van der Waals surface area (Å²) in [6.07, 6.45) is 3.59. The van der Waals surface area contributed by atoms with Crippen molar-refractivity contribution in [2.24, 2.45) is 5.92 Å². The zero-order chi connectivity index (χ0) is 11.7. The molecule has 1 aliphatic carbocycles. The molecule has 2 rings (SSSR count). The molecular weight excluding hydrogens is 227 g/mol. The van der Waals surface area contributed by atoms with Crippen molar-refractivity contribution in [1.29, 1.82) is 0 Å². The van der Waals surface area contributed by atoms with Crippen molar-refractivity contribution in [3.8, 4) is 0 Å². The highest BCUT2D eigenvalue weighted by atomic mass is 35.5. The van der Waals surface area contributed by atoms with Crippen molar-refractivity contribution in [1.82, 2.24) is 0 Å². The van der Waals surface area contributed by atoms with Crippen LogP contribution in [0, 0.1) is 11.7 Å². The Kier molecular flexibility index (Phi) is 3.24. The van der Waals surface area contributed by atoms with Gasteiger partial charge in [-0.05, 0) is 24.8 Å². The molecule has 0 spiro atoms. The van der Waals surface area contributed by atoms with E-state index in [1.807, 2.05) is 0 Å². The van der Waals surface area contributed by atoms with Gasteiger partial charge in [-0.1, -0.05) is 24.9 Å². The molecule has 0 bridgehead atoms. The SMILES string of the molecule is CCCC1CC1Nc1cc(Cl)c(F)cc1N. The summed E-state index contributed by atoms with van der Waals surface area (Å²) in [7, 11) is 0. The van der Waals surface area contributed by atoms with E-state index in [1.165, 1.54) is 25.3 Å². The number of rotatable bonds is 4. The Balaban J connectivity index is 2.03. The molecule has 3 N–H and O–H groups in total. The maximum atomic E-state index is 13.1. The molecule has 0 amide bonds. The third kappa shape index (κ3) is 2.40. The highest BCUT2D eigenvalue weighted by Crippen LogP contribution is 2.39. The second kappa shape index (κ2) is 4.50. The Morgan fingerprint density at radius 2 is 2.31 bits per heavy atom. The minimum Gasteiger partial charge on any atom is -0.397 e. The summed E-state index contributed by atoms with van der Waals surface area (Å²) in [5.41, 5.74) is 6.89. The molecule has 0 aliphatic heterocycles. The van der Waals surface area contributed by atoms with Gasteiger partial charge in [-0.2, -0.15) is 0 Å². The van der Waals surface area contributed by atoms with Gasteiger partial charge < -0.3 is 11.1 Å². The lowest BCUT2D eigenvalue weighted by Crippen LogP contribution is -2.07. The lowest BCUT2D eigenvalue weighted by Gasteiger charge is -2.10. The van der Waals surface area contributed by atoms with Crippen molar-refractivity contribution in [3.05, 3.63) is 23.0 Å². The average Bonchev–Trinajstić information content (AvgIpc) is 2.94. The number of hydrogen-bond acceptors (Lipinski definition) is 2. The number of nitrogen functional groups attached to an aromatic ring is 1. The van der Waals surface area contributed by atoms with E-state index in [4.69, 9.17) is 17.3 Å². The third-order valence-corrected chi connectivity index (χ3v) is 3.31. The number of halogens is 2. The molecule has 88 valence electrons. The van der Waals surface area contributed by atoms with E-state index in [2.05, 4.69) is 12.2 Å². The smallest absolute Gasteiger partial charge is 0.143 e. The normalized spacial score (nSPS) is 23.2. The monoisotopic (exact) mass is 242 g/mol. The number of hydrogen-bond donors (Lipinski definition) is 2. The van der Waals surface area contributed by atoms with Crippen molar-refractivity contribution in [2.75, 3.05) is 11.1 Å². The number of nitrogens with two attached hydrogens (primary N) is 1. The number of anilines is 2. The van der Waals surface area contributed by atoms with Gasteiger partial charge in [-0.25, -0.2) is 4.39 Å². The predicted octanol–water partition coefficient (Wildman–Crippen LogP) is 3.66. The van der Waals surface area contributed by atoms with Crippen LogP contribution in [0.2, 0.25) is 5.02 Å². The van der Waals surface area contributed by atoms with Crippen LogP contribution in [0.3, 0.4) is 0 Å². The lowest BCUT2D eigenvalue weighted by atomic mass is 10.2. The fraction of sp³-hybridized carbons (Fsp3) is 0.500. The largest absolute Gasteiger partial charge is 0.397 e. The summed E-state index contributed by atoms with van der Waals surface area (Å²) in [5, 5.41) is 3.43. The van der Waals surface area contributed by atoms with Crippen LogP contribution in [0.25, 0.3) is 0 Å². The van der Waals surface area contributed by atoms with Crippen LogP contribution in [0.1, 0.15) is 26.2 Å². The molecule has 4 heteroatoms. The van der Waals surface area contributed by atoms with Crippen LogP contribution in [0.5, 0.6) is 0 Å². The zero-order valence-corrected chi connectivity index (χ0v) is 10.0. The van der Waals surface area contributed by atoms with Crippen LogP contribution >= 0.6 is 11.6 Å². The molecule has 0 radical (unpaired) electrons. The minimum atomic E-state index is -0.467. The third-order valence-electron chi connectivity index (χ3n) is 3.02. The summed E-state index contributed by atoms with van der Waals surface area (Å²) in [6, 6.07) is 3.30. The maximum Gasteiger partial charge on any atom is 0.143 e. The van der Waals surface area contributed by atoms with E-state index in [1.54, 1.807) is 6.07 Å². The molecule has 0 heterocycles. The first-order valence-electron chi connectivity index (χ1n) is 5.63. The first-order valence-corrected chi connectivity index (χ1v) is 6.00. The Labute approximate surface area is 100.0 Å². The Hall–Kier alpha value is -0.960. The number of benzene rings is 1. The van der Waals surface area contributed by atoms with Crippen molar-refractivity contribution in [2.45, 2.75) is 32.2 Å². The Morgan fingerprint density at radius 1 is 1.56 bits per heavy atom. The van der Waals surface area contributed by atoms with Gasteiger partial charge in [0.25, 0.3) is 0 Å². The quantitative estimate of drug-likeness (QED) is 0.791. The van der Waals surface area contributed by atoms with Crippen molar-refractivity contribution in [3.63, 3.8) is 0 Å².